The fourth-order valence-corrected chi connectivity index (χ4v) is 5.49. The molecule has 0 heterocycles. The van der Waals surface area contributed by atoms with Gasteiger partial charge in [-0.15, -0.1) is 0 Å². The number of phosphoric acid groups is 1. The van der Waals surface area contributed by atoms with Gasteiger partial charge in [-0.1, -0.05) is 128 Å². The summed E-state index contributed by atoms with van der Waals surface area (Å²) >= 11 is 0. The average Bonchev–Trinajstić information content (AvgIpc) is 3.02. The first-order valence-electron chi connectivity index (χ1n) is 18.6. The van der Waals surface area contributed by atoms with Gasteiger partial charge < -0.3 is 19.3 Å². The van der Waals surface area contributed by atoms with E-state index in [0.29, 0.717) is 12.8 Å². The topological polar surface area (TPSA) is 119 Å². The number of carbonyl (C=O) groups is 2. The van der Waals surface area contributed by atoms with Crippen molar-refractivity contribution in [3.05, 3.63) is 24.3 Å². The number of hydrogen-bond acceptors (Lipinski definition) is 6. The van der Waals surface area contributed by atoms with E-state index in [1.807, 2.05) is 0 Å². The van der Waals surface area contributed by atoms with Crippen LogP contribution in [0.1, 0.15) is 181 Å². The molecule has 2 N–H and O–H groups in total. The molecule has 0 radical (unpaired) electrons. The molecule has 0 aliphatic heterocycles. The zero-order valence-electron chi connectivity index (χ0n) is 29.5. The quantitative estimate of drug-likeness (QED) is 0.0300. The van der Waals surface area contributed by atoms with Gasteiger partial charge >= 0.3 is 19.8 Å². The van der Waals surface area contributed by atoms with E-state index >= 15 is 0 Å². The van der Waals surface area contributed by atoms with Crippen molar-refractivity contribution < 1.29 is 37.9 Å². The molecule has 0 amide bonds. The van der Waals surface area contributed by atoms with Gasteiger partial charge in [0.15, 0.2) is 6.10 Å². The number of esters is 2. The molecule has 1 atom stereocenters. The Labute approximate surface area is 281 Å². The predicted octanol–water partition coefficient (Wildman–Crippen LogP) is 10.8. The maximum absolute atomic E-state index is 12.3. The van der Waals surface area contributed by atoms with E-state index in [0.717, 1.165) is 51.4 Å². The maximum atomic E-state index is 12.3. The Bertz CT molecular complexity index is 807. The van der Waals surface area contributed by atoms with Crippen molar-refractivity contribution in [3.8, 4) is 0 Å². The second-order valence-corrected chi connectivity index (χ2v) is 13.8. The van der Waals surface area contributed by atoms with Crippen LogP contribution in [0.25, 0.3) is 0 Å². The van der Waals surface area contributed by atoms with Crippen molar-refractivity contribution in [3.63, 3.8) is 0 Å². The minimum atomic E-state index is -4.75. The second-order valence-electron chi connectivity index (χ2n) is 12.5. The molecular weight excluding hydrogens is 603 g/mol. The number of unbranched alkanes of at least 4 members (excludes halogenated alkanes) is 20. The Morgan fingerprint density at radius 3 is 1.39 bits per heavy atom. The molecule has 0 fully saturated rings. The van der Waals surface area contributed by atoms with Gasteiger partial charge in [0.25, 0.3) is 0 Å². The molecule has 0 aliphatic carbocycles. The van der Waals surface area contributed by atoms with Crippen LogP contribution in [0.3, 0.4) is 0 Å². The molecule has 0 aromatic heterocycles. The van der Waals surface area contributed by atoms with Crippen molar-refractivity contribution in [2.75, 3.05) is 13.2 Å². The summed E-state index contributed by atoms with van der Waals surface area (Å²) in [6.45, 7) is 3.63. The van der Waals surface area contributed by atoms with Crippen molar-refractivity contribution >= 4 is 19.8 Å². The van der Waals surface area contributed by atoms with Crippen molar-refractivity contribution in [2.24, 2.45) is 0 Å². The molecule has 0 unspecified atom stereocenters. The Morgan fingerprint density at radius 2 is 0.913 bits per heavy atom. The third-order valence-corrected chi connectivity index (χ3v) is 8.43. The van der Waals surface area contributed by atoms with Crippen LogP contribution in [0.5, 0.6) is 0 Å². The highest BCUT2D eigenvalue weighted by Crippen LogP contribution is 2.36. The van der Waals surface area contributed by atoms with Crippen molar-refractivity contribution in [1.82, 2.24) is 0 Å². The lowest BCUT2D eigenvalue weighted by Gasteiger charge is -2.18. The van der Waals surface area contributed by atoms with Crippen LogP contribution in [0.15, 0.2) is 24.3 Å². The van der Waals surface area contributed by atoms with Gasteiger partial charge in [0, 0.05) is 12.8 Å². The number of phosphoric ester groups is 1. The summed E-state index contributed by atoms with van der Waals surface area (Å²) in [6, 6.07) is 0. The third-order valence-electron chi connectivity index (χ3n) is 7.94. The molecule has 0 spiro atoms. The molecule has 0 rings (SSSR count). The monoisotopic (exact) mass is 672 g/mol. The van der Waals surface area contributed by atoms with Gasteiger partial charge in [-0.2, -0.15) is 0 Å². The average molecular weight is 673 g/mol. The Hall–Kier alpha value is -1.47. The number of carbonyl (C=O) groups excluding carboxylic acids is 2. The van der Waals surface area contributed by atoms with Crippen LogP contribution in [-0.2, 0) is 28.2 Å². The van der Waals surface area contributed by atoms with Crippen LogP contribution < -0.4 is 0 Å². The van der Waals surface area contributed by atoms with Gasteiger partial charge in [0.2, 0.25) is 0 Å². The lowest BCUT2D eigenvalue weighted by molar-refractivity contribution is -0.161. The number of ether oxygens (including phenoxy) is 2. The molecule has 0 aromatic rings. The van der Waals surface area contributed by atoms with Gasteiger partial charge in [-0.3, -0.25) is 14.1 Å². The number of allylic oxidation sites excluding steroid dienone is 4. The van der Waals surface area contributed by atoms with Crippen LogP contribution in [0.4, 0.5) is 0 Å². The zero-order valence-corrected chi connectivity index (χ0v) is 30.4. The van der Waals surface area contributed by atoms with Crippen molar-refractivity contribution in [1.29, 1.82) is 0 Å². The highest BCUT2D eigenvalue weighted by atomic mass is 31.2. The second kappa shape index (κ2) is 33.4. The predicted molar refractivity (Wildman–Crippen MR) is 189 cm³/mol. The third kappa shape index (κ3) is 35.4. The molecule has 46 heavy (non-hydrogen) atoms. The van der Waals surface area contributed by atoms with E-state index in [9.17, 15) is 14.2 Å². The van der Waals surface area contributed by atoms with E-state index in [4.69, 9.17) is 19.3 Å². The highest BCUT2D eigenvalue weighted by Gasteiger charge is 2.22. The SMILES string of the molecule is CCCCCC/C=C/CCCCCCCC(=O)OC[C@H](COP(=O)(O)O)OC(=O)CCCC/C=C/CCCCCCCCCCC. The summed E-state index contributed by atoms with van der Waals surface area (Å²) in [5, 5.41) is 0. The van der Waals surface area contributed by atoms with Crippen molar-refractivity contribution in [2.45, 2.75) is 187 Å². The Morgan fingerprint density at radius 1 is 0.543 bits per heavy atom. The summed E-state index contributed by atoms with van der Waals surface area (Å²) < 4.78 is 26.2. The normalized spacial score (nSPS) is 12.7. The molecular formula is C37H69O8P. The highest BCUT2D eigenvalue weighted by molar-refractivity contribution is 7.46. The number of hydrogen-bond donors (Lipinski definition) is 2. The van der Waals surface area contributed by atoms with Gasteiger partial charge in [0.1, 0.15) is 6.61 Å². The smallest absolute Gasteiger partial charge is 0.462 e. The minimum Gasteiger partial charge on any atom is -0.462 e. The lowest BCUT2D eigenvalue weighted by atomic mass is 10.1. The molecule has 0 saturated heterocycles. The van der Waals surface area contributed by atoms with E-state index in [2.05, 4.69) is 42.7 Å². The lowest BCUT2D eigenvalue weighted by Crippen LogP contribution is -2.29. The standard InChI is InChI=1S/C37H69O8P/c1-3-5-7-9-11-13-15-17-18-20-22-24-26-28-30-32-37(39)45-35(34-44-46(40,41)42)33-43-36(38)31-29-27-25-23-21-19-16-14-12-10-8-6-4-2/h14,16,22,24,35H,3-13,15,17-21,23,25-34H2,1-2H3,(H2,40,41,42)/b16-14+,24-22+/t35-/m1/s1. The minimum absolute atomic E-state index is 0.182. The van der Waals surface area contributed by atoms with Crippen LogP contribution >= 0.6 is 7.82 Å². The molecule has 0 bridgehead atoms. The largest absolute Gasteiger partial charge is 0.469 e. The van der Waals surface area contributed by atoms with Gasteiger partial charge in [-0.05, 0) is 64.2 Å². The maximum Gasteiger partial charge on any atom is 0.469 e. The zero-order chi connectivity index (χ0) is 34.0. The molecule has 8 nitrogen and oxygen atoms in total. The summed E-state index contributed by atoms with van der Waals surface area (Å²) in [5.41, 5.74) is 0. The van der Waals surface area contributed by atoms with E-state index < -0.39 is 32.5 Å². The first kappa shape index (κ1) is 44.5. The molecule has 270 valence electrons. The first-order valence-corrected chi connectivity index (χ1v) is 20.2. The summed E-state index contributed by atoms with van der Waals surface area (Å²) in [5.74, 6) is -0.919. The molecule has 0 aliphatic rings. The van der Waals surface area contributed by atoms with E-state index in [1.54, 1.807) is 0 Å². The summed E-state index contributed by atoms with van der Waals surface area (Å²) in [6.07, 6.45) is 36.1. The fraction of sp³-hybridized carbons (Fsp3) is 0.838. The molecule has 0 saturated carbocycles. The fourth-order valence-electron chi connectivity index (χ4n) is 5.13. The molecule has 9 heteroatoms. The molecule has 0 aromatic carbocycles. The van der Waals surface area contributed by atoms with Gasteiger partial charge in [-0.25, -0.2) is 4.57 Å². The Balaban J connectivity index is 4.01. The first-order chi connectivity index (χ1) is 22.3. The Kier molecular flexibility index (Phi) is 32.4. The van der Waals surface area contributed by atoms with Crippen LogP contribution in [0.2, 0.25) is 0 Å². The summed E-state index contributed by atoms with van der Waals surface area (Å²) in [7, 11) is -4.75. The van der Waals surface area contributed by atoms with Gasteiger partial charge in [0.05, 0.1) is 6.61 Å². The van der Waals surface area contributed by atoms with E-state index in [1.165, 1.54) is 89.9 Å². The number of rotatable bonds is 34. The van der Waals surface area contributed by atoms with Crippen LogP contribution in [0, 0.1) is 0 Å². The van der Waals surface area contributed by atoms with E-state index in [-0.39, 0.29) is 19.4 Å². The summed E-state index contributed by atoms with van der Waals surface area (Å²) in [4.78, 5) is 42.6. The van der Waals surface area contributed by atoms with Crippen LogP contribution in [-0.4, -0.2) is 41.0 Å².